The molecule has 68 valence electrons. The molecule has 5 heteroatoms. The summed E-state index contributed by atoms with van der Waals surface area (Å²) in [5.74, 6) is 0.188. The molecule has 0 aliphatic carbocycles. The zero-order chi connectivity index (χ0) is 9.68. The van der Waals surface area contributed by atoms with E-state index in [2.05, 4.69) is 4.98 Å². The number of aliphatic hydroxyl groups excluding tert-OH is 1. The van der Waals surface area contributed by atoms with Crippen molar-refractivity contribution in [1.82, 2.24) is 4.98 Å². The Morgan fingerprint density at radius 2 is 2.46 bits per heavy atom. The van der Waals surface area contributed by atoms with Crippen LogP contribution in [-0.2, 0) is 0 Å². The molecule has 0 aliphatic rings. The predicted molar refractivity (Wildman–Crippen MR) is 45.9 cm³/mol. The first-order valence-electron chi connectivity index (χ1n) is 3.68. The first-order valence-corrected chi connectivity index (χ1v) is 3.68. The third-order valence-electron chi connectivity index (χ3n) is 1.40. The average Bonchev–Trinajstić information content (AvgIpc) is 2.16. The molecule has 1 rings (SSSR count). The van der Waals surface area contributed by atoms with Crippen LogP contribution < -0.4 is 10.5 Å². The number of nitriles is 1. The number of aliphatic hydroxyl groups is 1. The Morgan fingerprint density at radius 1 is 1.69 bits per heavy atom. The molecule has 1 aromatic rings. The van der Waals surface area contributed by atoms with Gasteiger partial charge in [-0.25, -0.2) is 4.98 Å². The van der Waals surface area contributed by atoms with Gasteiger partial charge in [0.25, 0.3) is 0 Å². The van der Waals surface area contributed by atoms with Crippen molar-refractivity contribution in [3.63, 3.8) is 0 Å². The standard InChI is InChI=1S/C8H9N3O2/c9-5-6-1-2-11-8(7(6)10)13-4-3-12/h1-2,12H,3-4,10H2. The number of nitrogen functional groups attached to an aromatic ring is 1. The average molecular weight is 179 g/mol. The highest BCUT2D eigenvalue weighted by Crippen LogP contribution is 2.20. The third kappa shape index (κ3) is 2.07. The highest BCUT2D eigenvalue weighted by atomic mass is 16.5. The number of hydrogen-bond donors (Lipinski definition) is 2. The summed E-state index contributed by atoms with van der Waals surface area (Å²) in [6, 6.07) is 3.41. The first-order chi connectivity index (χ1) is 6.29. The Balaban J connectivity index is 2.90. The van der Waals surface area contributed by atoms with Gasteiger partial charge in [-0.05, 0) is 6.07 Å². The zero-order valence-electron chi connectivity index (χ0n) is 6.90. The van der Waals surface area contributed by atoms with Gasteiger partial charge in [-0.3, -0.25) is 0 Å². The normalized spacial score (nSPS) is 9.23. The molecule has 0 bridgehead atoms. The predicted octanol–water partition coefficient (Wildman–Crippen LogP) is -0.0934. The minimum absolute atomic E-state index is 0.113. The van der Waals surface area contributed by atoms with Gasteiger partial charge in [-0.2, -0.15) is 5.26 Å². The minimum atomic E-state index is -0.113. The number of anilines is 1. The van der Waals surface area contributed by atoms with Crippen LogP contribution in [0.25, 0.3) is 0 Å². The first kappa shape index (κ1) is 9.29. The second-order valence-electron chi connectivity index (χ2n) is 2.26. The highest BCUT2D eigenvalue weighted by Gasteiger charge is 2.05. The van der Waals surface area contributed by atoms with Crippen molar-refractivity contribution in [1.29, 1.82) is 5.26 Å². The topological polar surface area (TPSA) is 92.2 Å². The van der Waals surface area contributed by atoms with Crippen molar-refractivity contribution in [3.05, 3.63) is 17.8 Å². The summed E-state index contributed by atoms with van der Waals surface area (Å²) < 4.78 is 4.99. The van der Waals surface area contributed by atoms with Crippen LogP contribution in [0.3, 0.4) is 0 Å². The van der Waals surface area contributed by atoms with Crippen LogP contribution in [0.5, 0.6) is 5.88 Å². The Hall–Kier alpha value is -1.80. The van der Waals surface area contributed by atoms with E-state index in [9.17, 15) is 0 Å². The molecule has 1 heterocycles. The van der Waals surface area contributed by atoms with Crippen LogP contribution in [0, 0.1) is 11.3 Å². The van der Waals surface area contributed by atoms with Crippen molar-refractivity contribution in [2.24, 2.45) is 0 Å². The molecule has 13 heavy (non-hydrogen) atoms. The highest BCUT2D eigenvalue weighted by molar-refractivity contribution is 5.59. The quantitative estimate of drug-likeness (QED) is 0.676. The molecule has 5 nitrogen and oxygen atoms in total. The second kappa shape index (κ2) is 4.28. The second-order valence-corrected chi connectivity index (χ2v) is 2.26. The molecule has 0 unspecified atom stereocenters. The molecule has 0 fully saturated rings. The van der Waals surface area contributed by atoms with Gasteiger partial charge in [0.1, 0.15) is 18.4 Å². The largest absolute Gasteiger partial charge is 0.474 e. The van der Waals surface area contributed by atoms with Crippen molar-refractivity contribution in [2.45, 2.75) is 0 Å². The Kier molecular flexibility index (Phi) is 3.06. The fourth-order valence-corrected chi connectivity index (χ4v) is 0.809. The lowest BCUT2D eigenvalue weighted by molar-refractivity contribution is 0.197. The maximum Gasteiger partial charge on any atom is 0.238 e. The molecular formula is C8H9N3O2. The van der Waals surface area contributed by atoms with E-state index in [0.717, 1.165) is 0 Å². The molecule has 0 atom stereocenters. The number of hydrogen-bond acceptors (Lipinski definition) is 5. The van der Waals surface area contributed by atoms with Crippen molar-refractivity contribution in [3.8, 4) is 11.9 Å². The molecule has 0 saturated heterocycles. The summed E-state index contributed by atoms with van der Waals surface area (Å²) in [7, 11) is 0. The van der Waals surface area contributed by atoms with Crippen LogP contribution in [0.2, 0.25) is 0 Å². The Morgan fingerprint density at radius 3 is 3.08 bits per heavy atom. The molecule has 0 aromatic carbocycles. The lowest BCUT2D eigenvalue weighted by Gasteiger charge is -2.05. The van der Waals surface area contributed by atoms with E-state index >= 15 is 0 Å². The van der Waals surface area contributed by atoms with Gasteiger partial charge in [-0.1, -0.05) is 0 Å². The fourth-order valence-electron chi connectivity index (χ4n) is 0.809. The van der Waals surface area contributed by atoms with E-state index < -0.39 is 0 Å². The van der Waals surface area contributed by atoms with E-state index in [1.165, 1.54) is 12.3 Å². The smallest absolute Gasteiger partial charge is 0.238 e. The molecule has 0 radical (unpaired) electrons. The maximum absolute atomic E-state index is 8.61. The van der Waals surface area contributed by atoms with Gasteiger partial charge in [0.05, 0.1) is 12.2 Å². The minimum Gasteiger partial charge on any atom is -0.474 e. The summed E-state index contributed by atoms with van der Waals surface area (Å²) in [4.78, 5) is 3.81. The summed E-state index contributed by atoms with van der Waals surface area (Å²) in [6.45, 7) is 0.00395. The zero-order valence-corrected chi connectivity index (χ0v) is 6.90. The van der Waals surface area contributed by atoms with Crippen LogP contribution in [0.1, 0.15) is 5.56 Å². The van der Waals surface area contributed by atoms with Gasteiger partial charge in [0.2, 0.25) is 5.88 Å². The number of ether oxygens (including phenoxy) is 1. The number of aromatic nitrogens is 1. The molecule has 0 amide bonds. The van der Waals surface area contributed by atoms with Gasteiger partial charge in [0, 0.05) is 6.20 Å². The monoisotopic (exact) mass is 179 g/mol. The Bertz CT molecular complexity index is 333. The fraction of sp³-hybridized carbons (Fsp3) is 0.250. The molecule has 0 spiro atoms. The van der Waals surface area contributed by atoms with Crippen LogP contribution in [-0.4, -0.2) is 23.3 Å². The molecule has 3 N–H and O–H groups in total. The van der Waals surface area contributed by atoms with Crippen molar-refractivity contribution in [2.75, 3.05) is 18.9 Å². The number of rotatable bonds is 3. The van der Waals surface area contributed by atoms with Gasteiger partial charge in [0.15, 0.2) is 0 Å². The summed E-state index contributed by atoms with van der Waals surface area (Å²) in [6.07, 6.45) is 1.43. The van der Waals surface area contributed by atoms with Crippen LogP contribution in [0.15, 0.2) is 12.3 Å². The Labute approximate surface area is 75.4 Å². The van der Waals surface area contributed by atoms with E-state index in [-0.39, 0.29) is 24.8 Å². The van der Waals surface area contributed by atoms with Gasteiger partial charge < -0.3 is 15.6 Å². The summed E-state index contributed by atoms with van der Waals surface area (Å²) in [5.41, 5.74) is 6.07. The SMILES string of the molecule is N#Cc1ccnc(OCCO)c1N. The lowest BCUT2D eigenvalue weighted by Crippen LogP contribution is -2.06. The van der Waals surface area contributed by atoms with Crippen LogP contribution in [0.4, 0.5) is 5.69 Å². The van der Waals surface area contributed by atoms with Crippen molar-refractivity contribution >= 4 is 5.69 Å². The number of pyridine rings is 1. The third-order valence-corrected chi connectivity index (χ3v) is 1.40. The molecular weight excluding hydrogens is 170 g/mol. The van der Waals surface area contributed by atoms with E-state index in [1.54, 1.807) is 0 Å². The molecule has 0 aliphatic heterocycles. The number of nitrogens with two attached hydrogens (primary N) is 1. The van der Waals surface area contributed by atoms with Crippen molar-refractivity contribution < 1.29 is 9.84 Å². The van der Waals surface area contributed by atoms with Gasteiger partial charge in [-0.15, -0.1) is 0 Å². The lowest BCUT2D eigenvalue weighted by atomic mass is 10.2. The summed E-state index contributed by atoms with van der Waals surface area (Å²) >= 11 is 0. The van der Waals surface area contributed by atoms with E-state index in [0.29, 0.717) is 5.56 Å². The molecule has 1 aromatic heterocycles. The van der Waals surface area contributed by atoms with E-state index in [1.807, 2.05) is 6.07 Å². The summed E-state index contributed by atoms with van der Waals surface area (Å²) in [5, 5.41) is 17.1. The number of nitrogens with zero attached hydrogens (tertiary/aromatic N) is 2. The van der Waals surface area contributed by atoms with Gasteiger partial charge >= 0.3 is 0 Å². The van der Waals surface area contributed by atoms with Crippen LogP contribution >= 0.6 is 0 Å². The maximum atomic E-state index is 8.61. The van der Waals surface area contributed by atoms with E-state index in [4.69, 9.17) is 20.8 Å². The molecule has 0 saturated carbocycles.